The van der Waals surface area contributed by atoms with E-state index >= 15 is 0 Å². The van der Waals surface area contributed by atoms with Crippen LogP contribution in [0.15, 0.2) is 24.3 Å². The number of rotatable bonds is 10. The summed E-state index contributed by atoms with van der Waals surface area (Å²) in [5, 5.41) is 16.4. The average Bonchev–Trinajstić information content (AvgIpc) is 3.45. The summed E-state index contributed by atoms with van der Waals surface area (Å²) in [7, 11) is 0. The van der Waals surface area contributed by atoms with Crippen LogP contribution in [0, 0.1) is 0 Å². The van der Waals surface area contributed by atoms with Crippen LogP contribution in [0.2, 0.25) is 0 Å². The van der Waals surface area contributed by atoms with Gasteiger partial charge in [0.25, 0.3) is 5.91 Å². The van der Waals surface area contributed by atoms with Crippen LogP contribution in [0.5, 0.6) is 0 Å². The molecule has 4 amide bonds. The highest BCUT2D eigenvalue weighted by Crippen LogP contribution is 2.27. The van der Waals surface area contributed by atoms with Gasteiger partial charge in [0.1, 0.15) is 12.1 Å². The summed E-state index contributed by atoms with van der Waals surface area (Å²) in [5.74, 6) is -1.12. The number of carbonyl (C=O) groups is 4. The molecular weight excluding hydrogens is 538 g/mol. The summed E-state index contributed by atoms with van der Waals surface area (Å²) in [6.07, 6.45) is 3.31. The van der Waals surface area contributed by atoms with E-state index in [-0.39, 0.29) is 24.9 Å². The molecule has 2 saturated heterocycles. The number of nitrogens with zero attached hydrogens (tertiary/aromatic N) is 3. The third kappa shape index (κ3) is 7.06. The number of benzene rings is 1. The van der Waals surface area contributed by atoms with Crippen molar-refractivity contribution >= 4 is 23.8 Å². The molecular formula is C31H45N5O6. The predicted molar refractivity (Wildman–Crippen MR) is 155 cm³/mol. The Kier molecular flexibility index (Phi) is 9.67. The van der Waals surface area contributed by atoms with E-state index in [0.29, 0.717) is 25.9 Å². The number of nitrogens with one attached hydrogen (secondary N) is 2. The molecule has 11 nitrogen and oxygen atoms in total. The largest absolute Gasteiger partial charge is 0.444 e. The molecule has 0 radical (unpaired) electrons. The van der Waals surface area contributed by atoms with Gasteiger partial charge < -0.3 is 30.3 Å². The Balaban J connectivity index is 1.27. The third-order valence-electron chi connectivity index (χ3n) is 9.05. The maximum Gasteiger partial charge on any atom is 0.410 e. The summed E-state index contributed by atoms with van der Waals surface area (Å²) in [6, 6.07) is 6.05. The van der Waals surface area contributed by atoms with Crippen LogP contribution in [0.4, 0.5) is 4.79 Å². The van der Waals surface area contributed by atoms with Gasteiger partial charge in [-0.25, -0.2) is 4.79 Å². The Morgan fingerprint density at radius 3 is 2.48 bits per heavy atom. The molecule has 42 heavy (non-hydrogen) atoms. The van der Waals surface area contributed by atoms with Crippen molar-refractivity contribution in [2.24, 2.45) is 0 Å². The molecule has 1 aromatic carbocycles. The van der Waals surface area contributed by atoms with Crippen LogP contribution in [0.3, 0.4) is 0 Å². The summed E-state index contributed by atoms with van der Waals surface area (Å²) in [6.45, 7) is 6.55. The van der Waals surface area contributed by atoms with Crippen molar-refractivity contribution in [2.75, 3.05) is 26.2 Å². The van der Waals surface area contributed by atoms with Crippen LogP contribution in [0.25, 0.3) is 0 Å². The van der Waals surface area contributed by atoms with Gasteiger partial charge in [-0.15, -0.1) is 0 Å². The van der Waals surface area contributed by atoms with E-state index in [4.69, 9.17) is 4.74 Å². The first-order valence-electron chi connectivity index (χ1n) is 15.6. The quantitative estimate of drug-likeness (QED) is 0.381. The summed E-state index contributed by atoms with van der Waals surface area (Å²) in [5.41, 5.74) is 2.31. The number of hydrogen-bond donors (Lipinski definition) is 3. The minimum Gasteiger partial charge on any atom is -0.444 e. The molecule has 0 aromatic heterocycles. The van der Waals surface area contributed by atoms with Gasteiger partial charge in [0, 0.05) is 25.6 Å². The van der Waals surface area contributed by atoms with Crippen LogP contribution in [-0.4, -0.2) is 106 Å². The van der Waals surface area contributed by atoms with E-state index in [1.54, 1.807) is 4.90 Å². The van der Waals surface area contributed by atoms with Gasteiger partial charge in [0.15, 0.2) is 6.10 Å². The number of aliphatic hydroxyl groups excluding tert-OH is 1. The second-order valence-corrected chi connectivity index (χ2v) is 12.2. The lowest BCUT2D eigenvalue weighted by Crippen LogP contribution is -2.56. The normalized spacial score (nSPS) is 24.5. The second-order valence-electron chi connectivity index (χ2n) is 12.2. The maximum atomic E-state index is 13.7. The van der Waals surface area contributed by atoms with Crippen LogP contribution in [-0.2, 0) is 32.1 Å². The fraction of sp³-hybridized carbons (Fsp3) is 0.677. The summed E-state index contributed by atoms with van der Waals surface area (Å²) >= 11 is 0. The van der Waals surface area contributed by atoms with Crippen molar-refractivity contribution in [3.8, 4) is 0 Å². The molecule has 230 valence electrons. The molecule has 5 rings (SSSR count). The van der Waals surface area contributed by atoms with Gasteiger partial charge >= 0.3 is 6.09 Å². The number of hydrogen-bond acceptors (Lipinski definition) is 7. The van der Waals surface area contributed by atoms with E-state index in [1.165, 1.54) is 10.5 Å². The number of fused-ring (bicyclic) bond motifs is 1. The van der Waals surface area contributed by atoms with E-state index in [2.05, 4.69) is 21.6 Å². The van der Waals surface area contributed by atoms with Crippen molar-refractivity contribution < 1.29 is 29.0 Å². The van der Waals surface area contributed by atoms with Gasteiger partial charge in [-0.2, -0.15) is 0 Å². The van der Waals surface area contributed by atoms with Crippen molar-refractivity contribution in [2.45, 2.75) is 108 Å². The zero-order valence-corrected chi connectivity index (χ0v) is 24.8. The first-order chi connectivity index (χ1) is 20.2. The zero-order valence-electron chi connectivity index (χ0n) is 24.8. The molecule has 0 bridgehead atoms. The molecule has 1 aliphatic carbocycles. The Morgan fingerprint density at radius 2 is 1.79 bits per heavy atom. The number of carbonyl (C=O) groups excluding carboxylic acids is 4. The van der Waals surface area contributed by atoms with Crippen molar-refractivity contribution in [3.63, 3.8) is 0 Å². The van der Waals surface area contributed by atoms with Crippen LogP contribution in [0.1, 0.15) is 69.9 Å². The molecule has 1 saturated carbocycles. The van der Waals surface area contributed by atoms with Gasteiger partial charge in [-0.3, -0.25) is 19.3 Å². The highest BCUT2D eigenvalue weighted by Gasteiger charge is 2.45. The van der Waals surface area contributed by atoms with Crippen LogP contribution >= 0.6 is 0 Å². The fourth-order valence-electron chi connectivity index (χ4n) is 6.36. The lowest BCUT2D eigenvalue weighted by atomic mass is 10.0. The summed E-state index contributed by atoms with van der Waals surface area (Å²) in [4.78, 5) is 58.5. The molecule has 5 atom stereocenters. The van der Waals surface area contributed by atoms with Gasteiger partial charge in [0.05, 0.1) is 18.6 Å². The highest BCUT2D eigenvalue weighted by molar-refractivity contribution is 5.91. The topological polar surface area (TPSA) is 132 Å². The first kappa shape index (κ1) is 30.3. The molecule has 11 heteroatoms. The van der Waals surface area contributed by atoms with Gasteiger partial charge in [-0.05, 0) is 69.7 Å². The molecule has 3 fully saturated rings. The summed E-state index contributed by atoms with van der Waals surface area (Å²) < 4.78 is 5.91. The minimum atomic E-state index is -1.39. The van der Waals surface area contributed by atoms with Crippen molar-refractivity contribution in [1.82, 2.24) is 25.3 Å². The van der Waals surface area contributed by atoms with Crippen molar-refractivity contribution in [3.05, 3.63) is 35.4 Å². The standard InChI is InChI=1S/C31H45N5O6/c1-3-8-25(27(37)29(39)32-23-11-12-23)33-28(38)26-17-24(19-36(26)30(40)20(2)34-14-6-7-15-34)42-31(41)35-16-13-21-9-4-5-10-22(21)18-35/h4-5,9-10,20,23-27,37H,3,6-8,11-19H2,1-2H3,(H,32,39)(H,33,38)/t20?,24-,25?,26+,27?/m1/s1. The number of ether oxygens (including phenoxy) is 1. The molecule has 3 heterocycles. The molecule has 3 aliphatic heterocycles. The fourth-order valence-corrected chi connectivity index (χ4v) is 6.36. The molecule has 3 N–H and O–H groups in total. The SMILES string of the molecule is CCCC(NC(=O)[C@@H]1C[C@@H](OC(=O)N2CCc3ccccc3C2)CN1C(=O)C(C)N1CCCC1)C(O)C(=O)NC1CC1. The van der Waals surface area contributed by atoms with E-state index in [9.17, 15) is 24.3 Å². The van der Waals surface area contributed by atoms with Crippen molar-refractivity contribution in [1.29, 1.82) is 0 Å². The highest BCUT2D eigenvalue weighted by atomic mass is 16.6. The van der Waals surface area contributed by atoms with E-state index in [0.717, 1.165) is 50.8 Å². The van der Waals surface area contributed by atoms with E-state index in [1.807, 2.05) is 32.0 Å². The predicted octanol–water partition coefficient (Wildman–Crippen LogP) is 1.56. The minimum absolute atomic E-state index is 0.0870. The number of aliphatic hydroxyl groups is 1. The molecule has 1 aromatic rings. The Labute approximate surface area is 247 Å². The van der Waals surface area contributed by atoms with Gasteiger partial charge in [0.2, 0.25) is 11.8 Å². The molecule has 4 aliphatic rings. The Morgan fingerprint density at radius 1 is 1.07 bits per heavy atom. The number of likely N-dealkylation sites (tertiary alicyclic amines) is 2. The average molecular weight is 584 g/mol. The maximum absolute atomic E-state index is 13.7. The first-order valence-corrected chi connectivity index (χ1v) is 15.6. The second kappa shape index (κ2) is 13.4. The van der Waals surface area contributed by atoms with Crippen LogP contribution < -0.4 is 10.6 Å². The number of amides is 4. The lowest BCUT2D eigenvalue weighted by molar-refractivity contribution is -0.143. The monoisotopic (exact) mass is 583 g/mol. The zero-order chi connectivity index (χ0) is 29.8. The smallest absolute Gasteiger partial charge is 0.410 e. The molecule has 3 unspecified atom stereocenters. The van der Waals surface area contributed by atoms with Gasteiger partial charge in [-0.1, -0.05) is 37.6 Å². The van der Waals surface area contributed by atoms with E-state index < -0.39 is 48.2 Å². The Bertz CT molecular complexity index is 1150. The molecule has 0 spiro atoms. The Hall–Kier alpha value is -3.18. The lowest BCUT2D eigenvalue weighted by Gasteiger charge is -2.32. The third-order valence-corrected chi connectivity index (χ3v) is 9.05.